The van der Waals surface area contributed by atoms with E-state index in [4.69, 9.17) is 4.74 Å². The van der Waals surface area contributed by atoms with E-state index in [9.17, 15) is 33.1 Å². The van der Waals surface area contributed by atoms with Crippen LogP contribution in [0.2, 0.25) is 0 Å². The van der Waals surface area contributed by atoms with Crippen molar-refractivity contribution in [1.29, 1.82) is 0 Å². The molecule has 0 saturated carbocycles. The predicted molar refractivity (Wildman–Crippen MR) is 151 cm³/mol. The van der Waals surface area contributed by atoms with E-state index in [0.29, 0.717) is 11.3 Å². The lowest BCUT2D eigenvalue weighted by atomic mass is 10.1. The normalized spacial score (nSPS) is 12.2. The summed E-state index contributed by atoms with van der Waals surface area (Å²) in [6.45, 7) is 4.15. The highest BCUT2D eigenvalue weighted by molar-refractivity contribution is 5.96. The summed E-state index contributed by atoms with van der Waals surface area (Å²) >= 11 is 0. The number of benzene rings is 1. The molecule has 3 amide bonds. The molecule has 14 heteroatoms. The first-order valence-corrected chi connectivity index (χ1v) is 13.2. The molecule has 226 valence electrons. The van der Waals surface area contributed by atoms with Gasteiger partial charge in [-0.15, -0.1) is 0 Å². The number of hydrogen-bond acceptors (Lipinski definition) is 6. The van der Waals surface area contributed by atoms with Gasteiger partial charge in [0.15, 0.2) is 11.6 Å². The standard InChI is InChI=1S/C28H34F2N6O6/c1-17(2)42-13-12-36-23-15-19(30)18(29)14-22(23)31-24(36)16-35-11-7-9-21(27(35)39)32-26(38)20(33-28(40)41)8-5-6-10-25(37)34(3)4/h6-7,9-11,14-15,17,20,33H,5,8,12-13,16H2,1-4H3,(H,32,38)(H,40,41)/b10-6+/t20-/m0/s1. The molecule has 0 bridgehead atoms. The van der Waals surface area contributed by atoms with Crippen molar-refractivity contribution in [1.82, 2.24) is 24.3 Å². The third-order valence-electron chi connectivity index (χ3n) is 6.16. The number of ether oxygens (including phenoxy) is 1. The summed E-state index contributed by atoms with van der Waals surface area (Å²) in [5.74, 6) is -2.78. The van der Waals surface area contributed by atoms with Gasteiger partial charge in [0.2, 0.25) is 11.8 Å². The summed E-state index contributed by atoms with van der Waals surface area (Å²) in [4.78, 5) is 54.9. The molecule has 3 rings (SSSR count). The van der Waals surface area contributed by atoms with Gasteiger partial charge in [-0.1, -0.05) is 6.08 Å². The van der Waals surface area contributed by atoms with E-state index in [2.05, 4.69) is 15.6 Å². The Morgan fingerprint density at radius 1 is 1.19 bits per heavy atom. The Labute approximate surface area is 240 Å². The Morgan fingerprint density at radius 2 is 1.90 bits per heavy atom. The average Bonchev–Trinajstić information content (AvgIpc) is 3.23. The molecule has 2 heterocycles. The lowest BCUT2D eigenvalue weighted by Gasteiger charge is -2.17. The quantitative estimate of drug-likeness (QED) is 0.260. The van der Waals surface area contributed by atoms with Crippen molar-refractivity contribution < 1.29 is 33.0 Å². The number of nitrogens with one attached hydrogen (secondary N) is 2. The maximum absolute atomic E-state index is 14.1. The molecule has 0 aliphatic heterocycles. The van der Waals surface area contributed by atoms with Crippen LogP contribution >= 0.6 is 0 Å². The highest BCUT2D eigenvalue weighted by Crippen LogP contribution is 2.21. The van der Waals surface area contributed by atoms with Gasteiger partial charge in [0, 0.05) is 39.0 Å². The van der Waals surface area contributed by atoms with Gasteiger partial charge in [-0.25, -0.2) is 18.6 Å². The first-order valence-electron chi connectivity index (χ1n) is 13.2. The average molecular weight is 589 g/mol. The van der Waals surface area contributed by atoms with Gasteiger partial charge in [-0.2, -0.15) is 0 Å². The minimum absolute atomic E-state index is 0.0337. The van der Waals surface area contributed by atoms with Crippen LogP contribution in [-0.2, 0) is 27.4 Å². The van der Waals surface area contributed by atoms with Crippen LogP contribution < -0.4 is 16.2 Å². The van der Waals surface area contributed by atoms with E-state index >= 15 is 0 Å². The summed E-state index contributed by atoms with van der Waals surface area (Å²) in [5, 5.41) is 13.8. The van der Waals surface area contributed by atoms with E-state index in [0.717, 1.165) is 12.1 Å². The van der Waals surface area contributed by atoms with E-state index in [1.165, 1.54) is 39.9 Å². The summed E-state index contributed by atoms with van der Waals surface area (Å²) in [5.41, 5.74) is -0.181. The molecule has 0 aliphatic rings. The molecule has 12 nitrogen and oxygen atoms in total. The molecule has 3 N–H and O–H groups in total. The number of carbonyl (C=O) groups excluding carboxylic acids is 2. The number of imidazole rings is 1. The number of rotatable bonds is 13. The van der Waals surface area contributed by atoms with Crippen LogP contribution in [-0.4, -0.2) is 74.9 Å². The van der Waals surface area contributed by atoms with Crippen LogP contribution in [0.1, 0.15) is 32.5 Å². The summed E-state index contributed by atoms with van der Waals surface area (Å²) in [6, 6.07) is 3.70. The number of fused-ring (bicyclic) bond motifs is 1. The molecule has 0 aliphatic carbocycles. The number of anilines is 1. The van der Waals surface area contributed by atoms with Crippen molar-refractivity contribution >= 4 is 34.6 Å². The number of pyridine rings is 1. The van der Waals surface area contributed by atoms with E-state index in [1.807, 2.05) is 13.8 Å². The van der Waals surface area contributed by atoms with Crippen molar-refractivity contribution in [3.63, 3.8) is 0 Å². The SMILES string of the molecule is CC(C)OCCn1c(Cn2cccc(NC(=O)[C@H](CC/C=C/C(=O)N(C)C)NC(=O)O)c2=O)nc2cc(F)c(F)cc21. The number of allylic oxidation sites excluding steroid dienone is 1. The Balaban J connectivity index is 1.83. The maximum atomic E-state index is 14.1. The topological polar surface area (TPSA) is 148 Å². The first kappa shape index (κ1) is 31.9. The Hall–Kier alpha value is -4.59. The number of hydrogen-bond donors (Lipinski definition) is 3. The van der Waals surface area contributed by atoms with Gasteiger partial charge in [0.1, 0.15) is 17.6 Å². The van der Waals surface area contributed by atoms with Crippen LogP contribution in [0.25, 0.3) is 11.0 Å². The molecule has 1 aromatic carbocycles. The second kappa shape index (κ2) is 14.3. The zero-order chi connectivity index (χ0) is 31.0. The van der Waals surface area contributed by atoms with Gasteiger partial charge in [0.05, 0.1) is 30.3 Å². The second-order valence-electron chi connectivity index (χ2n) is 9.91. The maximum Gasteiger partial charge on any atom is 0.405 e. The number of likely N-dealkylation sites (N-methyl/N-ethyl adjacent to an activating group) is 1. The minimum Gasteiger partial charge on any atom is -0.465 e. The number of aromatic nitrogens is 3. The summed E-state index contributed by atoms with van der Waals surface area (Å²) < 4.78 is 36.5. The number of amides is 3. The van der Waals surface area contributed by atoms with Crippen molar-refractivity contribution in [2.45, 2.75) is 51.9 Å². The van der Waals surface area contributed by atoms with Gasteiger partial charge < -0.3 is 34.5 Å². The van der Waals surface area contributed by atoms with Crippen molar-refractivity contribution in [2.75, 3.05) is 26.0 Å². The summed E-state index contributed by atoms with van der Waals surface area (Å²) in [7, 11) is 3.16. The lowest BCUT2D eigenvalue weighted by molar-refractivity contribution is -0.123. The molecule has 0 fully saturated rings. The minimum atomic E-state index is -1.43. The largest absolute Gasteiger partial charge is 0.465 e. The fourth-order valence-corrected chi connectivity index (χ4v) is 4.06. The van der Waals surface area contributed by atoms with Crippen molar-refractivity contribution in [3.8, 4) is 0 Å². The van der Waals surface area contributed by atoms with E-state index < -0.39 is 35.2 Å². The van der Waals surface area contributed by atoms with E-state index in [-0.39, 0.29) is 55.8 Å². The lowest BCUT2D eigenvalue weighted by Crippen LogP contribution is -2.44. The van der Waals surface area contributed by atoms with Crippen molar-refractivity contribution in [3.05, 3.63) is 70.4 Å². The third-order valence-corrected chi connectivity index (χ3v) is 6.16. The third kappa shape index (κ3) is 8.46. The van der Waals surface area contributed by atoms with Gasteiger partial charge in [-0.05, 0) is 44.9 Å². The Bertz CT molecular complexity index is 1530. The van der Waals surface area contributed by atoms with Crippen LogP contribution in [0.5, 0.6) is 0 Å². The van der Waals surface area contributed by atoms with Crippen LogP contribution in [0, 0.1) is 11.6 Å². The molecular formula is C28H34F2N6O6. The molecule has 3 aromatic rings. The fraction of sp³-hybridized carbons (Fsp3) is 0.393. The van der Waals surface area contributed by atoms with Crippen molar-refractivity contribution in [2.24, 2.45) is 0 Å². The Morgan fingerprint density at radius 3 is 2.57 bits per heavy atom. The monoisotopic (exact) mass is 588 g/mol. The smallest absolute Gasteiger partial charge is 0.405 e. The number of carboxylic acid groups (broad SMARTS) is 1. The molecular weight excluding hydrogens is 554 g/mol. The zero-order valence-corrected chi connectivity index (χ0v) is 23.8. The van der Waals surface area contributed by atoms with E-state index in [1.54, 1.807) is 18.7 Å². The Kier molecular flexibility index (Phi) is 10.9. The van der Waals surface area contributed by atoms with Crippen LogP contribution in [0.3, 0.4) is 0 Å². The number of carbonyl (C=O) groups is 3. The first-order chi connectivity index (χ1) is 19.9. The molecule has 2 aromatic heterocycles. The van der Waals surface area contributed by atoms with Gasteiger partial charge in [0.25, 0.3) is 5.56 Å². The van der Waals surface area contributed by atoms with Crippen LogP contribution in [0.4, 0.5) is 19.3 Å². The molecule has 0 saturated heterocycles. The van der Waals surface area contributed by atoms with Gasteiger partial charge >= 0.3 is 6.09 Å². The molecule has 1 atom stereocenters. The predicted octanol–water partition coefficient (Wildman–Crippen LogP) is 2.95. The molecule has 0 spiro atoms. The molecule has 0 radical (unpaired) electrons. The fourth-order valence-electron chi connectivity index (χ4n) is 4.06. The molecule has 42 heavy (non-hydrogen) atoms. The van der Waals surface area contributed by atoms with Crippen LogP contribution in [0.15, 0.2) is 47.4 Å². The second-order valence-corrected chi connectivity index (χ2v) is 9.91. The summed E-state index contributed by atoms with van der Waals surface area (Å²) in [6.07, 6.45) is 3.07. The number of halogens is 2. The highest BCUT2D eigenvalue weighted by atomic mass is 19.2. The zero-order valence-electron chi connectivity index (χ0n) is 23.8. The van der Waals surface area contributed by atoms with Gasteiger partial charge in [-0.3, -0.25) is 14.4 Å². The highest BCUT2D eigenvalue weighted by Gasteiger charge is 2.22. The molecule has 0 unspecified atom stereocenters. The number of nitrogens with zero attached hydrogens (tertiary/aromatic N) is 4.